The Morgan fingerprint density at radius 3 is 1.57 bits per heavy atom. The summed E-state index contributed by atoms with van der Waals surface area (Å²) in [5, 5.41) is 5.88. The number of nitrogens with zero attached hydrogens (tertiary/aromatic N) is 3. The largest absolute Gasteiger partial charge is 0.247 e. The van der Waals surface area contributed by atoms with Crippen molar-refractivity contribution in [3.8, 4) is 67.4 Å². The molecule has 2 aromatic heterocycles. The van der Waals surface area contributed by atoms with Crippen LogP contribution in [0.5, 0.6) is 0 Å². The van der Waals surface area contributed by atoms with E-state index < -0.39 is 0 Å². The Bertz CT molecular complexity index is 2890. The van der Waals surface area contributed by atoms with Gasteiger partial charge >= 0.3 is 0 Å². The monoisotopic (exact) mass is 687 g/mol. The van der Waals surface area contributed by atoms with Crippen LogP contribution in [0.1, 0.15) is 0 Å². The quantitative estimate of drug-likeness (QED) is 0.163. The molecular weight excluding hydrogens is 655 g/mol. The first-order chi connectivity index (χ1) is 26.8. The first kappa shape index (κ1) is 31.5. The van der Waals surface area contributed by atoms with E-state index in [9.17, 15) is 0 Å². The summed E-state index contributed by atoms with van der Waals surface area (Å²) < 4.78 is 0. The Morgan fingerprint density at radius 1 is 0.296 bits per heavy atom. The highest BCUT2D eigenvalue weighted by atomic mass is 14.9. The number of fused-ring (bicyclic) bond motifs is 4. The Morgan fingerprint density at radius 2 is 0.833 bits per heavy atom. The Hall–Kier alpha value is -7.23. The van der Waals surface area contributed by atoms with Crippen LogP contribution in [0.2, 0.25) is 0 Å². The van der Waals surface area contributed by atoms with Crippen molar-refractivity contribution in [1.82, 2.24) is 15.0 Å². The third kappa shape index (κ3) is 5.69. The Kier molecular flexibility index (Phi) is 7.81. The van der Waals surface area contributed by atoms with E-state index in [2.05, 4.69) is 164 Å². The predicted molar refractivity (Wildman–Crippen MR) is 225 cm³/mol. The zero-order chi connectivity index (χ0) is 35.8. The fraction of sp³-hybridized carbons (Fsp3) is 0. The maximum absolute atomic E-state index is 5.40. The van der Waals surface area contributed by atoms with E-state index >= 15 is 0 Å². The second-order valence-electron chi connectivity index (χ2n) is 13.6. The second-order valence-corrected chi connectivity index (χ2v) is 13.6. The maximum Gasteiger partial charge on any atom is 0.160 e. The van der Waals surface area contributed by atoms with Crippen LogP contribution in [0, 0.1) is 0 Å². The van der Waals surface area contributed by atoms with Crippen molar-refractivity contribution in [2.24, 2.45) is 0 Å². The fourth-order valence-electron chi connectivity index (χ4n) is 7.63. The van der Waals surface area contributed by atoms with Crippen molar-refractivity contribution in [2.45, 2.75) is 0 Å². The molecule has 54 heavy (non-hydrogen) atoms. The molecule has 3 nitrogen and oxygen atoms in total. The highest BCUT2D eigenvalue weighted by Crippen LogP contribution is 2.41. The zero-order valence-electron chi connectivity index (χ0n) is 29.4. The van der Waals surface area contributed by atoms with Crippen LogP contribution in [0.25, 0.3) is 99.9 Å². The zero-order valence-corrected chi connectivity index (χ0v) is 29.4. The van der Waals surface area contributed by atoms with Gasteiger partial charge in [0.1, 0.15) is 0 Å². The molecule has 0 fully saturated rings. The molecule has 0 N–H and O–H groups in total. The van der Waals surface area contributed by atoms with Crippen molar-refractivity contribution in [3.05, 3.63) is 200 Å². The lowest BCUT2D eigenvalue weighted by molar-refractivity contribution is 1.18. The van der Waals surface area contributed by atoms with Crippen LogP contribution in [0.4, 0.5) is 0 Å². The van der Waals surface area contributed by atoms with Gasteiger partial charge in [0.25, 0.3) is 0 Å². The number of hydrogen-bond acceptors (Lipinski definition) is 3. The molecule has 0 amide bonds. The highest BCUT2D eigenvalue weighted by molar-refractivity contribution is 6.19. The lowest BCUT2D eigenvalue weighted by Gasteiger charge is -2.16. The molecule has 10 rings (SSSR count). The van der Waals surface area contributed by atoms with Gasteiger partial charge in [0.2, 0.25) is 0 Å². The molecule has 0 unspecified atom stereocenters. The van der Waals surface area contributed by atoms with Gasteiger partial charge in [-0.3, -0.25) is 0 Å². The van der Waals surface area contributed by atoms with E-state index in [1.165, 1.54) is 27.3 Å². The van der Waals surface area contributed by atoms with Gasteiger partial charge in [-0.05, 0) is 51.2 Å². The molecule has 2 heterocycles. The summed E-state index contributed by atoms with van der Waals surface area (Å²) in [6.45, 7) is 0. The summed E-state index contributed by atoms with van der Waals surface area (Å²) >= 11 is 0. The molecule has 3 heteroatoms. The third-order valence-electron chi connectivity index (χ3n) is 10.3. The van der Waals surface area contributed by atoms with Gasteiger partial charge in [0.05, 0.1) is 22.6 Å². The van der Waals surface area contributed by atoms with E-state index in [1.54, 1.807) is 0 Å². The van der Waals surface area contributed by atoms with E-state index in [4.69, 9.17) is 15.0 Å². The minimum Gasteiger partial charge on any atom is -0.247 e. The number of benzene rings is 8. The summed E-state index contributed by atoms with van der Waals surface area (Å²) in [6, 6.07) is 70.4. The normalized spacial score (nSPS) is 11.3. The summed E-state index contributed by atoms with van der Waals surface area (Å²) in [4.78, 5) is 15.4. The Labute approximate surface area is 313 Å². The smallest absolute Gasteiger partial charge is 0.160 e. The third-order valence-corrected chi connectivity index (χ3v) is 10.3. The molecule has 0 atom stereocenters. The van der Waals surface area contributed by atoms with Crippen LogP contribution in [-0.2, 0) is 0 Å². The fourth-order valence-corrected chi connectivity index (χ4v) is 7.63. The first-order valence-electron chi connectivity index (χ1n) is 18.3. The van der Waals surface area contributed by atoms with E-state index in [0.29, 0.717) is 5.82 Å². The summed E-state index contributed by atoms with van der Waals surface area (Å²) in [5.74, 6) is 0.710. The highest BCUT2D eigenvalue weighted by Gasteiger charge is 2.17. The molecule has 8 aromatic carbocycles. The topological polar surface area (TPSA) is 38.7 Å². The van der Waals surface area contributed by atoms with Crippen molar-refractivity contribution in [3.63, 3.8) is 0 Å². The molecular formula is C51H33N3. The minimum atomic E-state index is 0.710. The van der Waals surface area contributed by atoms with E-state index in [0.717, 1.165) is 66.8 Å². The molecule has 0 spiro atoms. The molecule has 0 saturated carbocycles. The SMILES string of the molecule is c1ccc(-c2cc(-c3ccc(-c4ccc5nc(-c6cccc7ccccc67)c6cccc(-c7ccccc7)c6c5c4)cc3)nc(-c3ccccc3)n2)cc1. The summed E-state index contributed by atoms with van der Waals surface area (Å²) in [6.07, 6.45) is 0. The van der Waals surface area contributed by atoms with Gasteiger partial charge < -0.3 is 0 Å². The van der Waals surface area contributed by atoms with Crippen molar-refractivity contribution in [2.75, 3.05) is 0 Å². The predicted octanol–water partition coefficient (Wildman–Crippen LogP) is 13.3. The number of pyridine rings is 1. The molecule has 0 saturated heterocycles. The van der Waals surface area contributed by atoms with E-state index in [-0.39, 0.29) is 0 Å². The van der Waals surface area contributed by atoms with Gasteiger partial charge in [-0.15, -0.1) is 0 Å². The second kappa shape index (κ2) is 13.4. The standard InChI is InChI=1S/C51H33N3/c1-4-14-36(15-5-1)42-23-13-25-44-49(42)45-32-40(30-31-46(45)52-50(44)43-24-12-21-35-16-10-11-22-41(35)43)34-26-28-38(29-27-34)48-33-47(37-17-6-2-7-18-37)53-51(54-48)39-19-8-3-9-20-39/h1-33H. The minimum absolute atomic E-state index is 0.710. The molecule has 0 aliphatic rings. The number of hydrogen-bond donors (Lipinski definition) is 0. The lowest BCUT2D eigenvalue weighted by atomic mass is 9.90. The van der Waals surface area contributed by atoms with Crippen LogP contribution >= 0.6 is 0 Å². The molecule has 0 bridgehead atoms. The average Bonchev–Trinajstić information content (AvgIpc) is 3.26. The molecule has 10 aromatic rings. The van der Waals surface area contributed by atoms with Gasteiger partial charge in [0.15, 0.2) is 5.82 Å². The van der Waals surface area contributed by atoms with Crippen LogP contribution in [0.15, 0.2) is 200 Å². The van der Waals surface area contributed by atoms with Crippen LogP contribution in [0.3, 0.4) is 0 Å². The van der Waals surface area contributed by atoms with Gasteiger partial charge in [-0.1, -0.05) is 182 Å². The van der Waals surface area contributed by atoms with Crippen LogP contribution < -0.4 is 0 Å². The molecule has 0 aliphatic heterocycles. The summed E-state index contributed by atoms with van der Waals surface area (Å²) in [7, 11) is 0. The van der Waals surface area contributed by atoms with Gasteiger partial charge in [0, 0.05) is 38.4 Å². The maximum atomic E-state index is 5.40. The van der Waals surface area contributed by atoms with E-state index in [1.807, 2.05) is 36.4 Å². The van der Waals surface area contributed by atoms with Gasteiger partial charge in [-0.25, -0.2) is 15.0 Å². The van der Waals surface area contributed by atoms with Crippen LogP contribution in [-0.4, -0.2) is 15.0 Å². The van der Waals surface area contributed by atoms with Crippen molar-refractivity contribution < 1.29 is 0 Å². The van der Waals surface area contributed by atoms with Gasteiger partial charge in [-0.2, -0.15) is 0 Å². The Balaban J connectivity index is 1.12. The number of aromatic nitrogens is 3. The molecule has 0 aliphatic carbocycles. The summed E-state index contributed by atoms with van der Waals surface area (Å²) in [5.41, 5.74) is 12.6. The molecule has 252 valence electrons. The lowest BCUT2D eigenvalue weighted by Crippen LogP contribution is -1.96. The van der Waals surface area contributed by atoms with Crippen molar-refractivity contribution in [1.29, 1.82) is 0 Å². The first-order valence-corrected chi connectivity index (χ1v) is 18.3. The average molecular weight is 688 g/mol. The number of rotatable bonds is 6. The van der Waals surface area contributed by atoms with Crippen molar-refractivity contribution >= 4 is 32.4 Å². The molecule has 0 radical (unpaired) electrons.